The van der Waals surface area contributed by atoms with Gasteiger partial charge in [0.15, 0.2) is 0 Å². The number of aliphatic hydroxyl groups is 1. The van der Waals surface area contributed by atoms with Crippen LogP contribution < -0.4 is 10.6 Å². The molecule has 0 amide bonds. The Labute approximate surface area is 131 Å². The molecule has 1 aliphatic rings. The second-order valence-corrected chi connectivity index (χ2v) is 8.64. The van der Waals surface area contributed by atoms with Gasteiger partial charge >= 0.3 is 0 Å². The van der Waals surface area contributed by atoms with Crippen molar-refractivity contribution < 1.29 is 14.4 Å². The Kier molecular flexibility index (Phi) is 4.49. The van der Waals surface area contributed by atoms with Crippen molar-refractivity contribution in [3.8, 4) is 0 Å². The molecule has 1 saturated heterocycles. The molecule has 0 aliphatic carbocycles. The highest BCUT2D eigenvalue weighted by Gasteiger charge is 2.51. The number of hydrogen-bond donors (Lipinski definition) is 1. The quantitative estimate of drug-likeness (QED) is 0.658. The zero-order valence-electron chi connectivity index (χ0n) is 12.6. The van der Waals surface area contributed by atoms with Crippen LogP contribution in [0, 0.1) is 0 Å². The van der Waals surface area contributed by atoms with Gasteiger partial charge in [0.05, 0.1) is 12.7 Å². The van der Waals surface area contributed by atoms with Crippen LogP contribution in [0.3, 0.4) is 0 Å². The van der Waals surface area contributed by atoms with Crippen LogP contribution in [-0.2, 0) is 9.30 Å². The molecule has 3 atom stereocenters. The fourth-order valence-corrected chi connectivity index (χ4v) is 6.65. The monoisotopic (exact) mass is 316 g/mol. The number of ether oxygens (including phenoxy) is 1. The van der Waals surface area contributed by atoms with Crippen LogP contribution in [-0.4, -0.2) is 29.6 Å². The lowest BCUT2D eigenvalue weighted by molar-refractivity contribution is 0.241. The first-order valence-electron chi connectivity index (χ1n) is 7.69. The third-order valence-electron chi connectivity index (χ3n) is 4.35. The van der Waals surface area contributed by atoms with Crippen molar-refractivity contribution in [3.05, 3.63) is 60.7 Å². The van der Waals surface area contributed by atoms with E-state index in [2.05, 4.69) is 0 Å². The molecule has 0 bridgehead atoms. The molecule has 0 saturated carbocycles. The summed E-state index contributed by atoms with van der Waals surface area (Å²) >= 11 is 0. The molecule has 1 N–H and O–H groups in total. The van der Waals surface area contributed by atoms with E-state index < -0.39 is 7.14 Å². The Bertz CT molecular complexity index is 613. The van der Waals surface area contributed by atoms with E-state index in [4.69, 9.17) is 4.74 Å². The molecule has 0 aromatic heterocycles. The summed E-state index contributed by atoms with van der Waals surface area (Å²) in [5.41, 5.74) is -0.102. The molecule has 1 fully saturated rings. The summed E-state index contributed by atoms with van der Waals surface area (Å²) < 4.78 is 19.7. The molecule has 2 aromatic carbocycles. The molecule has 1 heterocycles. The van der Waals surface area contributed by atoms with Gasteiger partial charge in [-0.3, -0.25) is 0 Å². The van der Waals surface area contributed by atoms with Gasteiger partial charge in [0.2, 0.25) is 0 Å². The number of benzene rings is 2. The summed E-state index contributed by atoms with van der Waals surface area (Å²) in [6.45, 7) is 2.03. The predicted molar refractivity (Wildman–Crippen MR) is 89.6 cm³/mol. The number of aliphatic hydroxyl groups excluding tert-OH is 1. The molecule has 3 nitrogen and oxygen atoms in total. The Hall–Kier alpha value is -1.41. The zero-order valence-corrected chi connectivity index (χ0v) is 13.5. The van der Waals surface area contributed by atoms with Gasteiger partial charge in [0.25, 0.3) is 0 Å². The molecular weight excluding hydrogens is 295 g/mol. The molecular formula is C18H21O3P. The highest BCUT2D eigenvalue weighted by Crippen LogP contribution is 2.55. The molecule has 0 unspecified atom stereocenters. The number of rotatable bonds is 6. The zero-order chi connectivity index (χ0) is 15.6. The molecule has 116 valence electrons. The van der Waals surface area contributed by atoms with E-state index in [-0.39, 0.29) is 24.5 Å². The van der Waals surface area contributed by atoms with Crippen molar-refractivity contribution in [3.63, 3.8) is 0 Å². The van der Waals surface area contributed by atoms with Crippen molar-refractivity contribution in [1.29, 1.82) is 0 Å². The maximum atomic E-state index is 14.1. The Morgan fingerprint density at radius 3 is 1.91 bits per heavy atom. The van der Waals surface area contributed by atoms with Gasteiger partial charge < -0.3 is 14.4 Å². The van der Waals surface area contributed by atoms with Gasteiger partial charge in [-0.15, -0.1) is 0 Å². The summed E-state index contributed by atoms with van der Waals surface area (Å²) in [5, 5.41) is 11.0. The van der Waals surface area contributed by atoms with Gasteiger partial charge in [-0.05, 0) is 6.42 Å². The normalized spacial score (nSPS) is 22.3. The first kappa shape index (κ1) is 15.5. The lowest BCUT2D eigenvalue weighted by Gasteiger charge is -2.27. The highest BCUT2D eigenvalue weighted by atomic mass is 31.2. The average Bonchev–Trinajstić information content (AvgIpc) is 3.36. The van der Waals surface area contributed by atoms with Crippen molar-refractivity contribution in [1.82, 2.24) is 0 Å². The van der Waals surface area contributed by atoms with Crippen molar-refractivity contribution >= 4 is 17.8 Å². The topological polar surface area (TPSA) is 49.8 Å². The van der Waals surface area contributed by atoms with Gasteiger partial charge in [-0.1, -0.05) is 67.6 Å². The van der Waals surface area contributed by atoms with Gasteiger partial charge in [-0.25, -0.2) is 0 Å². The van der Waals surface area contributed by atoms with Crippen LogP contribution in [0.5, 0.6) is 0 Å². The molecule has 0 spiro atoms. The van der Waals surface area contributed by atoms with E-state index in [0.29, 0.717) is 0 Å². The Morgan fingerprint density at radius 1 is 1.05 bits per heavy atom. The maximum absolute atomic E-state index is 14.1. The highest BCUT2D eigenvalue weighted by molar-refractivity contribution is 7.79. The van der Waals surface area contributed by atoms with Crippen molar-refractivity contribution in [2.45, 2.75) is 31.2 Å². The summed E-state index contributed by atoms with van der Waals surface area (Å²) in [6.07, 6.45) is 0.453. The first-order chi connectivity index (χ1) is 10.7. The van der Waals surface area contributed by atoms with E-state index in [1.165, 1.54) is 0 Å². The van der Waals surface area contributed by atoms with Crippen LogP contribution in [0.15, 0.2) is 60.7 Å². The largest absolute Gasteiger partial charge is 0.394 e. The summed E-state index contributed by atoms with van der Waals surface area (Å²) in [4.78, 5) is 0. The third-order valence-corrected chi connectivity index (χ3v) is 8.07. The van der Waals surface area contributed by atoms with Gasteiger partial charge in [-0.2, -0.15) is 0 Å². The van der Waals surface area contributed by atoms with Crippen LogP contribution in [0.25, 0.3) is 0 Å². The fourth-order valence-electron chi connectivity index (χ4n) is 3.17. The molecule has 22 heavy (non-hydrogen) atoms. The van der Waals surface area contributed by atoms with E-state index in [1.807, 2.05) is 67.6 Å². The van der Waals surface area contributed by atoms with Gasteiger partial charge in [0.1, 0.15) is 13.2 Å². The van der Waals surface area contributed by atoms with E-state index in [9.17, 15) is 9.67 Å². The molecule has 4 heteroatoms. The molecule has 2 aromatic rings. The Balaban J connectivity index is 2.09. The third kappa shape index (κ3) is 2.65. The van der Waals surface area contributed by atoms with Crippen LogP contribution in [0.4, 0.5) is 0 Å². The van der Waals surface area contributed by atoms with Crippen LogP contribution in [0.1, 0.15) is 13.3 Å². The van der Waals surface area contributed by atoms with Crippen LogP contribution >= 0.6 is 7.14 Å². The summed E-state index contributed by atoms with van der Waals surface area (Å²) in [5.74, 6) is 0. The lowest BCUT2D eigenvalue weighted by Crippen LogP contribution is -2.30. The minimum absolute atomic E-state index is 0.00918. The lowest BCUT2D eigenvalue weighted by atomic mass is 10.2. The molecule has 0 radical (unpaired) electrons. The second-order valence-electron chi connectivity index (χ2n) is 5.63. The first-order valence-corrected chi connectivity index (χ1v) is 9.46. The van der Waals surface area contributed by atoms with Crippen molar-refractivity contribution in [2.24, 2.45) is 0 Å². The van der Waals surface area contributed by atoms with Gasteiger partial charge in [0, 0.05) is 16.3 Å². The standard InChI is InChI=1S/C18H21O3P/c1-2-17(18-16(13-19)21-18)22(20,14-9-5-3-6-10-14)15-11-7-4-8-12-15/h3-12,16-19H,2,13H2,1H3/t16-,17+,18+/m0/s1. The SMILES string of the molecule is CC[C@H]([C@@H]1O[C@H]1CO)P(=O)(c1ccccc1)c1ccccc1. The van der Waals surface area contributed by atoms with Crippen molar-refractivity contribution in [2.75, 3.05) is 6.61 Å². The molecule has 1 aliphatic heterocycles. The van der Waals surface area contributed by atoms with E-state index in [0.717, 1.165) is 17.0 Å². The fraction of sp³-hybridized carbons (Fsp3) is 0.333. The average molecular weight is 316 g/mol. The molecule has 3 rings (SSSR count). The summed E-state index contributed by atoms with van der Waals surface area (Å²) in [6, 6.07) is 19.3. The van der Waals surface area contributed by atoms with E-state index in [1.54, 1.807) is 0 Å². The minimum Gasteiger partial charge on any atom is -0.394 e. The Morgan fingerprint density at radius 2 is 1.55 bits per heavy atom. The number of hydrogen-bond acceptors (Lipinski definition) is 3. The minimum atomic E-state index is -2.81. The van der Waals surface area contributed by atoms with E-state index >= 15 is 0 Å². The summed E-state index contributed by atoms with van der Waals surface area (Å²) in [7, 11) is -2.81. The maximum Gasteiger partial charge on any atom is 0.148 e. The second kappa shape index (κ2) is 6.37. The smallest absolute Gasteiger partial charge is 0.148 e. The predicted octanol–water partition coefficient (Wildman–Crippen LogP) is 2.54. The van der Waals surface area contributed by atoms with Crippen LogP contribution in [0.2, 0.25) is 0 Å². The number of epoxide rings is 1.